The monoisotopic (exact) mass is 464 g/mol. The highest BCUT2D eigenvalue weighted by molar-refractivity contribution is 5.94. The van der Waals surface area contributed by atoms with Gasteiger partial charge in [-0.3, -0.25) is 14.4 Å². The Morgan fingerprint density at radius 2 is 1.97 bits per heavy atom. The Bertz CT molecular complexity index is 827. The van der Waals surface area contributed by atoms with E-state index in [4.69, 9.17) is 5.73 Å². The van der Waals surface area contributed by atoms with Gasteiger partial charge in [0, 0.05) is 24.9 Å². The molecule has 0 unspecified atom stereocenters. The third kappa shape index (κ3) is 6.77. The van der Waals surface area contributed by atoms with Crippen molar-refractivity contribution in [1.82, 2.24) is 25.5 Å². The van der Waals surface area contributed by atoms with Crippen LogP contribution in [0.3, 0.4) is 0 Å². The van der Waals surface area contributed by atoms with Crippen LogP contribution in [-0.4, -0.2) is 74.4 Å². The molecule has 0 bridgehead atoms. The number of nitrogens with one attached hydrogen (secondary N) is 3. The first-order valence-electron chi connectivity index (χ1n) is 11.4. The number of hydrogen-bond donors (Lipinski definition) is 5. The van der Waals surface area contributed by atoms with E-state index >= 15 is 0 Å². The van der Waals surface area contributed by atoms with Gasteiger partial charge in [0.15, 0.2) is 0 Å². The van der Waals surface area contributed by atoms with Crippen molar-refractivity contribution in [1.29, 1.82) is 0 Å². The molecule has 1 aromatic heterocycles. The molecule has 1 saturated heterocycles. The van der Waals surface area contributed by atoms with Crippen molar-refractivity contribution >= 4 is 23.7 Å². The lowest BCUT2D eigenvalue weighted by molar-refractivity contribution is -0.143. The van der Waals surface area contributed by atoms with Gasteiger partial charge in [0.05, 0.1) is 12.4 Å². The minimum absolute atomic E-state index is 0.0280. The number of aromatic amines is 1. The first kappa shape index (κ1) is 26.3. The van der Waals surface area contributed by atoms with Crippen LogP contribution in [0, 0.1) is 11.8 Å². The largest absolute Gasteiger partial charge is 0.480 e. The summed E-state index contributed by atoms with van der Waals surface area (Å²) in [5, 5.41) is 14.9. The van der Waals surface area contributed by atoms with Crippen LogP contribution < -0.4 is 16.4 Å². The van der Waals surface area contributed by atoms with Crippen molar-refractivity contribution in [2.45, 2.75) is 77.5 Å². The highest BCUT2D eigenvalue weighted by Gasteiger charge is 2.39. The lowest BCUT2D eigenvalue weighted by atomic mass is 9.97. The van der Waals surface area contributed by atoms with E-state index in [-0.39, 0.29) is 24.2 Å². The number of hydrogen-bond acceptors (Lipinski definition) is 6. The summed E-state index contributed by atoms with van der Waals surface area (Å²) in [5.41, 5.74) is 6.57. The molecule has 11 heteroatoms. The molecular weight excluding hydrogens is 428 g/mol. The Morgan fingerprint density at radius 1 is 1.27 bits per heavy atom. The number of amides is 3. The van der Waals surface area contributed by atoms with Gasteiger partial charge in [-0.2, -0.15) is 0 Å². The van der Waals surface area contributed by atoms with Gasteiger partial charge in [0.2, 0.25) is 17.7 Å². The van der Waals surface area contributed by atoms with E-state index in [1.807, 2.05) is 20.8 Å². The van der Waals surface area contributed by atoms with E-state index in [1.54, 1.807) is 6.92 Å². The molecule has 33 heavy (non-hydrogen) atoms. The van der Waals surface area contributed by atoms with Gasteiger partial charge in [-0.25, -0.2) is 9.78 Å². The van der Waals surface area contributed by atoms with Crippen LogP contribution in [-0.2, 0) is 25.6 Å². The summed E-state index contributed by atoms with van der Waals surface area (Å²) in [5.74, 6) is -2.81. The molecule has 0 radical (unpaired) electrons. The van der Waals surface area contributed by atoms with Gasteiger partial charge in [-0.1, -0.05) is 34.1 Å². The number of imidazole rings is 1. The Hall–Kier alpha value is -2.95. The maximum absolute atomic E-state index is 13.1. The Morgan fingerprint density at radius 3 is 2.52 bits per heavy atom. The van der Waals surface area contributed by atoms with E-state index in [1.165, 1.54) is 17.4 Å². The van der Waals surface area contributed by atoms with Crippen molar-refractivity contribution in [2.24, 2.45) is 17.6 Å². The van der Waals surface area contributed by atoms with Crippen LogP contribution in [0.5, 0.6) is 0 Å². The number of carboxylic acid groups (broad SMARTS) is 1. The second kappa shape index (κ2) is 11.8. The molecule has 2 heterocycles. The number of aromatic nitrogens is 2. The molecule has 5 atom stereocenters. The van der Waals surface area contributed by atoms with Gasteiger partial charge in [-0.05, 0) is 24.7 Å². The summed E-state index contributed by atoms with van der Waals surface area (Å²) in [6.45, 7) is 7.81. The van der Waals surface area contributed by atoms with Crippen LogP contribution in [0.2, 0.25) is 0 Å². The molecule has 2 rings (SSSR count). The van der Waals surface area contributed by atoms with Crippen LogP contribution >= 0.6 is 0 Å². The normalized spacial score (nSPS) is 19.6. The molecule has 3 amide bonds. The Labute approximate surface area is 193 Å². The first-order valence-corrected chi connectivity index (χ1v) is 11.4. The molecule has 11 nitrogen and oxygen atoms in total. The smallest absolute Gasteiger partial charge is 0.326 e. The summed E-state index contributed by atoms with van der Waals surface area (Å²) < 4.78 is 0. The summed E-state index contributed by atoms with van der Waals surface area (Å²) in [6.07, 6.45) is 4.68. The zero-order chi connectivity index (χ0) is 24.7. The zero-order valence-corrected chi connectivity index (χ0v) is 19.7. The Kier molecular flexibility index (Phi) is 9.39. The summed E-state index contributed by atoms with van der Waals surface area (Å²) in [4.78, 5) is 58.8. The van der Waals surface area contributed by atoms with Crippen LogP contribution in [0.15, 0.2) is 12.5 Å². The topological polar surface area (TPSA) is 171 Å². The number of carbonyl (C=O) groups excluding carboxylic acids is 3. The molecule has 0 spiro atoms. The number of carboxylic acids is 1. The average molecular weight is 465 g/mol. The van der Waals surface area contributed by atoms with Gasteiger partial charge in [0.25, 0.3) is 0 Å². The lowest BCUT2D eigenvalue weighted by Gasteiger charge is -2.31. The Balaban J connectivity index is 2.12. The molecule has 1 aromatic rings. The van der Waals surface area contributed by atoms with Gasteiger partial charge in [-0.15, -0.1) is 0 Å². The molecule has 6 N–H and O–H groups in total. The molecule has 184 valence electrons. The standard InChI is InChI=1S/C22H36N6O5/c1-5-13(4)18(20(30)26-15(22(32)33)9-14-10-24-11-25-14)27-19(29)16-7-6-8-28(16)21(31)17(23)12(2)3/h10-13,15-18H,5-9,23H2,1-4H3,(H,24,25)(H,26,30)(H,27,29)(H,32,33)/t13-,15-,16-,17-,18-/m0/s1. The second-order valence-corrected chi connectivity index (χ2v) is 9.01. The predicted molar refractivity (Wildman–Crippen MR) is 121 cm³/mol. The zero-order valence-electron chi connectivity index (χ0n) is 19.7. The molecule has 0 aliphatic carbocycles. The summed E-state index contributed by atoms with van der Waals surface area (Å²) in [7, 11) is 0. The number of carbonyl (C=O) groups is 4. The average Bonchev–Trinajstić information content (AvgIpc) is 3.47. The fourth-order valence-corrected chi connectivity index (χ4v) is 3.81. The number of aliphatic carboxylic acids is 1. The maximum atomic E-state index is 13.1. The van der Waals surface area contributed by atoms with Gasteiger partial charge < -0.3 is 31.4 Å². The number of nitrogens with zero attached hydrogens (tertiary/aromatic N) is 2. The van der Waals surface area contributed by atoms with Crippen molar-refractivity contribution in [2.75, 3.05) is 6.54 Å². The molecule has 1 aliphatic rings. The first-order chi connectivity index (χ1) is 15.6. The van der Waals surface area contributed by atoms with E-state index in [0.29, 0.717) is 31.5 Å². The molecule has 1 aliphatic heterocycles. The summed E-state index contributed by atoms with van der Waals surface area (Å²) >= 11 is 0. The van der Waals surface area contributed by atoms with Crippen LogP contribution in [0.25, 0.3) is 0 Å². The number of rotatable bonds is 11. The third-order valence-electron chi connectivity index (χ3n) is 6.23. The van der Waals surface area contributed by atoms with E-state index < -0.39 is 42.0 Å². The highest BCUT2D eigenvalue weighted by atomic mass is 16.4. The molecule has 1 fully saturated rings. The fraction of sp³-hybridized carbons (Fsp3) is 0.682. The van der Waals surface area contributed by atoms with E-state index in [2.05, 4.69) is 20.6 Å². The number of nitrogens with two attached hydrogens (primary N) is 1. The maximum Gasteiger partial charge on any atom is 0.326 e. The van der Waals surface area contributed by atoms with Crippen molar-refractivity contribution in [3.63, 3.8) is 0 Å². The molecular formula is C22H36N6O5. The highest BCUT2D eigenvalue weighted by Crippen LogP contribution is 2.21. The van der Waals surface area contributed by atoms with Gasteiger partial charge >= 0.3 is 5.97 Å². The SMILES string of the molecule is CC[C@H](C)[C@H](NC(=O)[C@@H]1CCCN1C(=O)[C@@H](N)C(C)C)C(=O)N[C@@H](Cc1cnc[nH]1)C(=O)O. The number of likely N-dealkylation sites (tertiary alicyclic amines) is 1. The predicted octanol–water partition coefficient (Wildman–Crippen LogP) is 0.0268. The summed E-state index contributed by atoms with van der Waals surface area (Å²) in [6, 6.07) is -3.54. The van der Waals surface area contributed by atoms with Crippen LogP contribution in [0.1, 0.15) is 52.7 Å². The fourth-order valence-electron chi connectivity index (χ4n) is 3.81. The van der Waals surface area contributed by atoms with Gasteiger partial charge in [0.1, 0.15) is 18.1 Å². The molecule has 0 saturated carbocycles. The van der Waals surface area contributed by atoms with Crippen molar-refractivity contribution < 1.29 is 24.3 Å². The van der Waals surface area contributed by atoms with Crippen molar-refractivity contribution in [3.05, 3.63) is 18.2 Å². The third-order valence-corrected chi connectivity index (χ3v) is 6.23. The van der Waals surface area contributed by atoms with E-state index in [9.17, 15) is 24.3 Å². The quantitative estimate of drug-likeness (QED) is 0.307. The minimum Gasteiger partial charge on any atom is -0.480 e. The molecule has 0 aromatic carbocycles. The van der Waals surface area contributed by atoms with Crippen molar-refractivity contribution in [3.8, 4) is 0 Å². The number of H-pyrrole nitrogens is 1. The van der Waals surface area contributed by atoms with Crippen LogP contribution in [0.4, 0.5) is 0 Å². The lowest BCUT2D eigenvalue weighted by Crippen LogP contribution is -2.58. The second-order valence-electron chi connectivity index (χ2n) is 9.01. The minimum atomic E-state index is -1.19. The van der Waals surface area contributed by atoms with E-state index in [0.717, 1.165) is 0 Å².